The summed E-state index contributed by atoms with van der Waals surface area (Å²) in [4.78, 5) is 4.45. The van der Waals surface area contributed by atoms with Crippen LogP contribution in [0.25, 0.3) is 0 Å². The van der Waals surface area contributed by atoms with Crippen molar-refractivity contribution in [1.29, 1.82) is 0 Å². The molecule has 0 radical (unpaired) electrons. The second-order valence-corrected chi connectivity index (χ2v) is 11.7. The lowest BCUT2D eigenvalue weighted by Gasteiger charge is -2.25. The van der Waals surface area contributed by atoms with Crippen molar-refractivity contribution in [2.45, 2.75) is 27.7 Å². The minimum absolute atomic E-state index is 0.932. The molecule has 0 heterocycles. The van der Waals surface area contributed by atoms with Crippen LogP contribution in [0, 0.1) is 59.2 Å². The van der Waals surface area contributed by atoms with Crippen LogP contribution in [0.15, 0.2) is 146 Å². The molecular formula is C50H36N2. The van der Waals surface area contributed by atoms with Crippen LogP contribution in [0.3, 0.4) is 0 Å². The highest BCUT2D eigenvalue weighted by molar-refractivity contribution is 5.79. The summed E-state index contributed by atoms with van der Waals surface area (Å²) in [6.07, 6.45) is 0. The van der Waals surface area contributed by atoms with Crippen molar-refractivity contribution < 1.29 is 0 Å². The Morgan fingerprint density at radius 2 is 0.385 bits per heavy atom. The van der Waals surface area contributed by atoms with E-state index >= 15 is 0 Å². The predicted molar refractivity (Wildman–Crippen MR) is 218 cm³/mol. The van der Waals surface area contributed by atoms with E-state index in [1.165, 1.54) is 0 Å². The third kappa shape index (κ3) is 8.47. The number of hydrogen-bond acceptors (Lipinski definition) is 2. The van der Waals surface area contributed by atoms with Crippen LogP contribution in [0.5, 0.6) is 0 Å². The zero-order valence-electron chi connectivity index (χ0n) is 29.8. The van der Waals surface area contributed by atoms with Crippen LogP contribution in [-0.4, -0.2) is 0 Å². The zero-order valence-corrected chi connectivity index (χ0v) is 29.8. The molecule has 0 bridgehead atoms. The molecule has 0 saturated heterocycles. The van der Waals surface area contributed by atoms with E-state index in [0.717, 1.165) is 67.5 Å². The van der Waals surface area contributed by atoms with Crippen molar-refractivity contribution in [2.24, 2.45) is 0 Å². The van der Waals surface area contributed by atoms with E-state index in [0.29, 0.717) is 0 Å². The minimum Gasteiger partial charge on any atom is -0.311 e. The molecule has 0 aliphatic heterocycles. The van der Waals surface area contributed by atoms with Crippen molar-refractivity contribution in [2.75, 3.05) is 9.80 Å². The third-order valence-electron chi connectivity index (χ3n) is 8.18. The Bertz CT molecular complexity index is 2160. The lowest BCUT2D eigenvalue weighted by atomic mass is 10.1. The summed E-state index contributed by atoms with van der Waals surface area (Å²) in [5, 5.41) is 0. The Balaban J connectivity index is 1.26. The quantitative estimate of drug-likeness (QED) is 0.164. The average molecular weight is 665 g/mol. The van der Waals surface area contributed by atoms with Crippen molar-refractivity contribution in [1.82, 2.24) is 0 Å². The first-order valence-corrected chi connectivity index (χ1v) is 17.0. The van der Waals surface area contributed by atoms with E-state index in [9.17, 15) is 0 Å². The number of anilines is 6. The van der Waals surface area contributed by atoms with Gasteiger partial charge in [-0.3, -0.25) is 0 Å². The average Bonchev–Trinajstić information content (AvgIpc) is 3.18. The molecule has 0 aromatic heterocycles. The van der Waals surface area contributed by atoms with Crippen molar-refractivity contribution >= 4 is 34.1 Å². The molecule has 0 aliphatic rings. The first-order valence-electron chi connectivity index (χ1n) is 17.0. The van der Waals surface area contributed by atoms with Gasteiger partial charge in [0.25, 0.3) is 0 Å². The fraction of sp³-hybridized carbons (Fsp3) is 0.0800. The van der Waals surface area contributed by atoms with Gasteiger partial charge in [0.15, 0.2) is 0 Å². The van der Waals surface area contributed by atoms with Gasteiger partial charge in [-0.15, -0.1) is 23.7 Å². The van der Waals surface area contributed by atoms with Crippen molar-refractivity contribution in [3.8, 4) is 59.2 Å². The summed E-state index contributed by atoms with van der Waals surface area (Å²) in [5.74, 6) is 31.2. The fourth-order valence-corrected chi connectivity index (χ4v) is 5.78. The molecule has 0 saturated carbocycles. The molecular weight excluding hydrogens is 629 g/mol. The highest BCUT2D eigenvalue weighted by Gasteiger charge is 2.14. The standard InChI is InChI=1S/C50H36N2/c1-5-9-39-15-27-45(28-16-39)51(46-29-17-40(10-6-2)18-30-46)49-35-23-43(24-36-49)13-14-44-25-37-50(38-26-44)52(47-31-19-41(11-7-3)20-32-47)48-33-21-42(12-8-4)22-34-48/h15-38H,1-4H3. The Kier molecular flexibility index (Phi) is 11.2. The maximum Gasteiger partial charge on any atom is 0.0462 e. The number of nitrogens with zero attached hydrogens (tertiary/aromatic N) is 2. The third-order valence-corrected chi connectivity index (χ3v) is 8.18. The first-order chi connectivity index (χ1) is 25.6. The van der Waals surface area contributed by atoms with Crippen molar-refractivity contribution in [3.05, 3.63) is 179 Å². The molecule has 2 heteroatoms. The highest BCUT2D eigenvalue weighted by atomic mass is 15.1. The van der Waals surface area contributed by atoms with E-state index < -0.39 is 0 Å². The van der Waals surface area contributed by atoms with E-state index in [4.69, 9.17) is 0 Å². The Morgan fingerprint density at radius 3 is 0.538 bits per heavy atom. The van der Waals surface area contributed by atoms with Crippen LogP contribution < -0.4 is 9.80 Å². The Morgan fingerprint density at radius 1 is 0.231 bits per heavy atom. The molecule has 0 fully saturated rings. The largest absolute Gasteiger partial charge is 0.311 e. The monoisotopic (exact) mass is 664 g/mol. The van der Waals surface area contributed by atoms with Crippen molar-refractivity contribution in [3.63, 3.8) is 0 Å². The highest BCUT2D eigenvalue weighted by Crippen LogP contribution is 2.36. The minimum atomic E-state index is 0.932. The second-order valence-electron chi connectivity index (χ2n) is 11.7. The van der Waals surface area contributed by atoms with Gasteiger partial charge >= 0.3 is 0 Å². The Hall–Kier alpha value is -7.28. The maximum atomic E-state index is 3.36. The molecule has 6 rings (SSSR count). The van der Waals surface area contributed by atoms with Gasteiger partial charge in [-0.2, -0.15) is 0 Å². The van der Waals surface area contributed by atoms with Gasteiger partial charge in [0.2, 0.25) is 0 Å². The molecule has 246 valence electrons. The van der Waals surface area contributed by atoms with Gasteiger partial charge in [-0.1, -0.05) is 35.5 Å². The van der Waals surface area contributed by atoms with Crippen LogP contribution in [0.1, 0.15) is 61.1 Å². The van der Waals surface area contributed by atoms with E-state index in [1.807, 2.05) is 27.7 Å². The predicted octanol–water partition coefficient (Wildman–Crippen LogP) is 11.5. The summed E-state index contributed by atoms with van der Waals surface area (Å²) in [6, 6.07) is 49.9. The number of hydrogen-bond donors (Lipinski definition) is 0. The molecule has 0 unspecified atom stereocenters. The summed E-state index contributed by atoms with van der Waals surface area (Å²) < 4.78 is 0. The maximum absolute atomic E-state index is 3.36. The van der Waals surface area contributed by atoms with Gasteiger partial charge < -0.3 is 9.80 Å². The smallest absolute Gasteiger partial charge is 0.0462 e. The normalized spacial score (nSPS) is 9.54. The molecule has 0 spiro atoms. The molecule has 0 N–H and O–H groups in total. The summed E-state index contributed by atoms with van der Waals surface area (Å²) in [6.45, 7) is 7.40. The molecule has 0 atom stereocenters. The molecule has 0 amide bonds. The summed E-state index contributed by atoms with van der Waals surface area (Å²) in [7, 11) is 0. The zero-order chi connectivity index (χ0) is 36.1. The van der Waals surface area contributed by atoms with E-state index in [1.54, 1.807) is 0 Å². The van der Waals surface area contributed by atoms with E-state index in [-0.39, 0.29) is 0 Å². The van der Waals surface area contributed by atoms with Gasteiger partial charge in [0.1, 0.15) is 0 Å². The molecule has 6 aromatic rings. The first kappa shape index (κ1) is 34.6. The summed E-state index contributed by atoms with van der Waals surface area (Å²) >= 11 is 0. The molecule has 0 aliphatic carbocycles. The topological polar surface area (TPSA) is 6.48 Å². The van der Waals surface area contributed by atoms with Crippen LogP contribution >= 0.6 is 0 Å². The van der Waals surface area contributed by atoms with Gasteiger partial charge in [0, 0.05) is 67.5 Å². The van der Waals surface area contributed by atoms with Crippen LogP contribution in [-0.2, 0) is 0 Å². The number of rotatable bonds is 6. The van der Waals surface area contributed by atoms with Gasteiger partial charge in [-0.25, -0.2) is 0 Å². The fourth-order valence-electron chi connectivity index (χ4n) is 5.78. The molecule has 2 nitrogen and oxygen atoms in total. The van der Waals surface area contributed by atoms with Gasteiger partial charge in [0.05, 0.1) is 0 Å². The number of benzene rings is 6. The molecule has 6 aromatic carbocycles. The molecule has 52 heavy (non-hydrogen) atoms. The Labute approximate surface area is 308 Å². The SMILES string of the molecule is CC#Cc1ccc(N(c2ccc(C#CC)cc2)c2ccc(C#Cc3ccc(N(c4ccc(C#CC)cc4)c4ccc(C#CC)cc4)cc3)cc2)cc1. The van der Waals surface area contributed by atoms with Gasteiger partial charge in [-0.05, 0) is 173 Å². The lowest BCUT2D eigenvalue weighted by molar-refractivity contribution is 1.28. The summed E-state index contributed by atoms with van der Waals surface area (Å²) in [5.41, 5.74) is 12.0. The second kappa shape index (κ2) is 16.9. The van der Waals surface area contributed by atoms with Crippen LogP contribution in [0.2, 0.25) is 0 Å². The van der Waals surface area contributed by atoms with E-state index in [2.05, 4.69) is 215 Å². The lowest BCUT2D eigenvalue weighted by Crippen LogP contribution is -2.10. The van der Waals surface area contributed by atoms with Crippen LogP contribution in [0.4, 0.5) is 34.1 Å².